The van der Waals surface area contributed by atoms with Gasteiger partial charge in [0.1, 0.15) is 15.5 Å². The van der Waals surface area contributed by atoms with Crippen molar-refractivity contribution >= 4 is 91.9 Å². The van der Waals surface area contributed by atoms with Gasteiger partial charge in [-0.1, -0.05) is 24.3 Å². The number of phenols is 1. The van der Waals surface area contributed by atoms with Crippen molar-refractivity contribution in [3.05, 3.63) is 109 Å². The maximum Gasteiger partial charge on any atom is 0.296 e. The number of carbonyl (C=O) groups excluding carboxylic acids is 1. The molecule has 0 aromatic heterocycles. The van der Waals surface area contributed by atoms with Crippen molar-refractivity contribution in [3.8, 4) is 5.75 Å². The standard InChI is InChI=1S/C33H24N6O11S3/c34-26-17-24-19(14-29(26)52(45,46)47)15-30(53(48,49)50)31(32(24)40)39-38-28-13-12-27(23-11-10-22(16-25(23)28)51(42,43)44)37-36-21-8-6-18(7-9-21)33(41)35-20-4-2-1-3-5-20/h1-17,40H,34H2,(H,35,41)(H,42,43,44)(H,45,46,47)(H,48,49,50). The van der Waals surface area contributed by atoms with Crippen LogP contribution in [0.25, 0.3) is 21.5 Å². The van der Waals surface area contributed by atoms with Crippen LogP contribution in [0.1, 0.15) is 10.4 Å². The third-order valence-electron chi connectivity index (χ3n) is 7.67. The first kappa shape index (κ1) is 36.6. The van der Waals surface area contributed by atoms with Crippen LogP contribution in [0.4, 0.5) is 34.1 Å². The molecular weight excluding hydrogens is 753 g/mol. The molecule has 6 rings (SSSR count). The molecule has 0 fully saturated rings. The van der Waals surface area contributed by atoms with Crippen molar-refractivity contribution < 1.29 is 48.8 Å². The molecule has 0 unspecified atom stereocenters. The molecule has 0 aliphatic rings. The van der Waals surface area contributed by atoms with E-state index in [0.29, 0.717) is 16.9 Å². The molecule has 53 heavy (non-hydrogen) atoms. The van der Waals surface area contributed by atoms with Crippen molar-refractivity contribution in [2.45, 2.75) is 14.7 Å². The van der Waals surface area contributed by atoms with Crippen molar-refractivity contribution in [1.82, 2.24) is 0 Å². The van der Waals surface area contributed by atoms with Gasteiger partial charge in [-0.15, -0.1) is 15.3 Å². The molecule has 6 aromatic carbocycles. The molecule has 0 saturated carbocycles. The zero-order valence-electron chi connectivity index (χ0n) is 26.6. The minimum Gasteiger partial charge on any atom is -0.505 e. The zero-order chi connectivity index (χ0) is 38.3. The number of phenolic OH excluding ortho intramolecular Hbond substituents is 1. The average molecular weight is 777 g/mol. The van der Waals surface area contributed by atoms with E-state index in [9.17, 15) is 48.8 Å². The summed E-state index contributed by atoms with van der Waals surface area (Å²) in [5, 5.41) is 29.8. The third kappa shape index (κ3) is 7.86. The Labute approximate surface area is 300 Å². The number of azo groups is 2. The largest absolute Gasteiger partial charge is 0.505 e. The molecule has 7 N–H and O–H groups in total. The number of nitrogen functional groups attached to an aromatic ring is 1. The number of rotatable bonds is 9. The summed E-state index contributed by atoms with van der Waals surface area (Å²) in [6.45, 7) is 0. The third-order valence-corrected chi connectivity index (χ3v) is 10.3. The lowest BCUT2D eigenvalue weighted by Gasteiger charge is -2.11. The van der Waals surface area contributed by atoms with Gasteiger partial charge >= 0.3 is 0 Å². The molecule has 0 atom stereocenters. The van der Waals surface area contributed by atoms with Crippen molar-refractivity contribution in [2.24, 2.45) is 20.5 Å². The highest BCUT2D eigenvalue weighted by atomic mass is 32.2. The van der Waals surface area contributed by atoms with Crippen molar-refractivity contribution in [1.29, 1.82) is 0 Å². The first-order chi connectivity index (χ1) is 24.9. The monoisotopic (exact) mass is 776 g/mol. The lowest BCUT2D eigenvalue weighted by molar-refractivity contribution is 0.102. The number of carbonyl (C=O) groups is 1. The minimum absolute atomic E-state index is 0.0176. The maximum atomic E-state index is 12.6. The summed E-state index contributed by atoms with van der Waals surface area (Å²) >= 11 is 0. The van der Waals surface area contributed by atoms with Gasteiger partial charge in [-0.3, -0.25) is 18.5 Å². The van der Waals surface area contributed by atoms with Gasteiger partial charge in [0, 0.05) is 27.4 Å². The Morgan fingerprint density at radius 3 is 1.83 bits per heavy atom. The van der Waals surface area contributed by atoms with E-state index >= 15 is 0 Å². The summed E-state index contributed by atoms with van der Waals surface area (Å²) in [4.78, 5) is 10.3. The summed E-state index contributed by atoms with van der Waals surface area (Å²) in [7, 11) is -14.8. The zero-order valence-corrected chi connectivity index (χ0v) is 29.0. The number of nitrogens with two attached hydrogens (primary N) is 1. The number of benzene rings is 6. The highest BCUT2D eigenvalue weighted by Gasteiger charge is 2.25. The number of aromatic hydroxyl groups is 1. The smallest absolute Gasteiger partial charge is 0.296 e. The average Bonchev–Trinajstić information content (AvgIpc) is 3.09. The minimum atomic E-state index is -5.16. The van der Waals surface area contributed by atoms with E-state index in [1.54, 1.807) is 36.4 Å². The predicted molar refractivity (Wildman–Crippen MR) is 193 cm³/mol. The van der Waals surface area contributed by atoms with Gasteiger partial charge in [-0.2, -0.15) is 30.4 Å². The second-order valence-electron chi connectivity index (χ2n) is 11.2. The number of para-hydroxylation sites is 1. The van der Waals surface area contributed by atoms with Crippen LogP contribution in [-0.2, 0) is 30.4 Å². The number of nitrogens with zero attached hydrogens (tertiary/aromatic N) is 4. The van der Waals surface area contributed by atoms with Crippen LogP contribution >= 0.6 is 0 Å². The van der Waals surface area contributed by atoms with Gasteiger partial charge in [-0.05, 0) is 84.2 Å². The fourth-order valence-corrected chi connectivity index (χ4v) is 6.96. The van der Waals surface area contributed by atoms with Crippen LogP contribution < -0.4 is 11.1 Å². The lowest BCUT2D eigenvalue weighted by Crippen LogP contribution is -2.11. The number of hydrogen-bond acceptors (Lipinski definition) is 13. The highest BCUT2D eigenvalue weighted by molar-refractivity contribution is 7.86. The molecule has 6 aromatic rings. The number of nitrogens with one attached hydrogen (secondary N) is 1. The Bertz CT molecular complexity index is 2870. The molecule has 0 bridgehead atoms. The quantitative estimate of drug-likeness (QED) is 0.0487. The second-order valence-corrected chi connectivity index (χ2v) is 15.4. The fourth-order valence-electron chi connectivity index (χ4n) is 5.16. The molecule has 0 radical (unpaired) electrons. The molecule has 270 valence electrons. The molecule has 0 aliphatic heterocycles. The first-order valence-corrected chi connectivity index (χ1v) is 19.1. The normalized spacial score (nSPS) is 12.6. The topological polar surface area (TPSA) is 288 Å². The molecule has 1 amide bonds. The molecule has 17 nitrogen and oxygen atoms in total. The molecule has 0 heterocycles. The van der Waals surface area contributed by atoms with E-state index in [1.807, 2.05) is 6.07 Å². The van der Waals surface area contributed by atoms with Gasteiger partial charge in [0.15, 0.2) is 5.75 Å². The summed E-state index contributed by atoms with van der Waals surface area (Å²) in [6, 6.07) is 23.7. The van der Waals surface area contributed by atoms with Crippen LogP contribution in [0.15, 0.2) is 138 Å². The number of anilines is 2. The van der Waals surface area contributed by atoms with Crippen LogP contribution in [0.5, 0.6) is 5.75 Å². The van der Waals surface area contributed by atoms with Crippen LogP contribution in [0.3, 0.4) is 0 Å². The molecule has 20 heteroatoms. The summed E-state index contributed by atoms with van der Waals surface area (Å²) in [5.74, 6) is -1.24. The molecule has 0 aliphatic carbocycles. The maximum absolute atomic E-state index is 12.6. The van der Waals surface area contributed by atoms with Gasteiger partial charge in [0.05, 0.1) is 27.6 Å². The highest BCUT2D eigenvalue weighted by Crippen LogP contribution is 2.44. The van der Waals surface area contributed by atoms with Gasteiger partial charge < -0.3 is 16.2 Å². The Kier molecular flexibility index (Phi) is 9.51. The van der Waals surface area contributed by atoms with Gasteiger partial charge in [0.2, 0.25) is 0 Å². The van der Waals surface area contributed by atoms with E-state index in [0.717, 1.165) is 30.3 Å². The number of hydrogen-bond donors (Lipinski definition) is 6. The molecular formula is C33H24N6O11S3. The van der Waals surface area contributed by atoms with E-state index in [2.05, 4.69) is 25.8 Å². The Morgan fingerprint density at radius 1 is 0.604 bits per heavy atom. The number of fused-ring (bicyclic) bond motifs is 2. The van der Waals surface area contributed by atoms with Crippen molar-refractivity contribution in [2.75, 3.05) is 11.1 Å². The van der Waals surface area contributed by atoms with Crippen LogP contribution in [-0.4, -0.2) is 49.9 Å². The van der Waals surface area contributed by atoms with Gasteiger partial charge in [0.25, 0.3) is 36.3 Å². The number of amides is 1. The van der Waals surface area contributed by atoms with E-state index in [1.165, 1.54) is 30.3 Å². The summed E-state index contributed by atoms with van der Waals surface area (Å²) < 4.78 is 101. The Morgan fingerprint density at radius 2 is 1.21 bits per heavy atom. The summed E-state index contributed by atoms with van der Waals surface area (Å²) in [5.41, 5.74) is 5.81. The van der Waals surface area contributed by atoms with E-state index < -0.39 is 62.2 Å². The first-order valence-electron chi connectivity index (χ1n) is 14.8. The van der Waals surface area contributed by atoms with Crippen LogP contribution in [0, 0.1) is 0 Å². The Balaban J connectivity index is 1.40. The fraction of sp³-hybridized carbons (Fsp3) is 0. The lowest BCUT2D eigenvalue weighted by atomic mass is 10.1. The Hall–Kier alpha value is -6.16. The van der Waals surface area contributed by atoms with Crippen LogP contribution in [0.2, 0.25) is 0 Å². The molecule has 0 spiro atoms. The summed E-state index contributed by atoms with van der Waals surface area (Å²) in [6.07, 6.45) is 0. The SMILES string of the molecule is Nc1cc2c(O)c(N=Nc3ccc(N=Nc4ccc(C(=O)Nc5ccccc5)cc4)c4ccc(S(=O)(=O)O)cc34)c(S(=O)(=O)O)cc2cc1S(=O)(=O)O. The second kappa shape index (κ2) is 13.8. The van der Waals surface area contributed by atoms with E-state index in [-0.39, 0.29) is 38.8 Å². The van der Waals surface area contributed by atoms with E-state index in [4.69, 9.17) is 5.73 Å². The predicted octanol–water partition coefficient (Wildman–Crippen LogP) is 7.10. The van der Waals surface area contributed by atoms with Gasteiger partial charge in [-0.25, -0.2) is 0 Å². The van der Waals surface area contributed by atoms with Crippen molar-refractivity contribution in [3.63, 3.8) is 0 Å². The molecule has 0 saturated heterocycles.